The van der Waals surface area contributed by atoms with Crippen LogP contribution in [0, 0.1) is 0 Å². The van der Waals surface area contributed by atoms with Crippen molar-refractivity contribution >= 4 is 15.7 Å². The molecule has 2 heterocycles. The normalized spacial score (nSPS) is 19.6. The van der Waals surface area contributed by atoms with Crippen LogP contribution in [0.25, 0.3) is 0 Å². The van der Waals surface area contributed by atoms with Gasteiger partial charge in [0.05, 0.1) is 11.5 Å². The Morgan fingerprint density at radius 2 is 2.00 bits per heavy atom. The summed E-state index contributed by atoms with van der Waals surface area (Å²) in [6, 6.07) is 9.49. The number of hydrogen-bond acceptors (Lipinski definition) is 6. The zero-order valence-corrected chi connectivity index (χ0v) is 13.3. The van der Waals surface area contributed by atoms with Gasteiger partial charge in [-0.3, -0.25) is 4.79 Å². The van der Waals surface area contributed by atoms with Crippen molar-refractivity contribution in [2.24, 2.45) is 0 Å². The Morgan fingerprint density at radius 3 is 2.70 bits per heavy atom. The Bertz CT molecular complexity index is 786. The van der Waals surface area contributed by atoms with Crippen molar-refractivity contribution < 1.29 is 17.6 Å². The second-order valence-corrected chi connectivity index (χ2v) is 7.79. The number of carbonyl (C=O) groups excluding carboxylic acids is 1. The summed E-state index contributed by atoms with van der Waals surface area (Å²) in [4.78, 5) is 12.0. The van der Waals surface area contributed by atoms with E-state index in [9.17, 15) is 13.2 Å². The van der Waals surface area contributed by atoms with Gasteiger partial charge in [-0.25, -0.2) is 8.42 Å². The molecule has 1 unspecified atom stereocenters. The zero-order valence-electron chi connectivity index (χ0n) is 12.4. The molecule has 3 rings (SSSR count). The highest BCUT2D eigenvalue weighted by molar-refractivity contribution is 7.91. The summed E-state index contributed by atoms with van der Waals surface area (Å²) < 4.78 is 28.1. The van der Waals surface area contributed by atoms with E-state index in [0.29, 0.717) is 18.7 Å². The third-order valence-electron chi connectivity index (χ3n) is 3.70. The van der Waals surface area contributed by atoms with Gasteiger partial charge in [0.2, 0.25) is 5.89 Å². The van der Waals surface area contributed by atoms with Crippen LogP contribution in [-0.4, -0.2) is 42.1 Å². The molecular formula is C15H17N3O4S. The van der Waals surface area contributed by atoms with E-state index in [1.807, 2.05) is 30.3 Å². The van der Waals surface area contributed by atoms with Crippen molar-refractivity contribution in [2.75, 3.05) is 11.5 Å². The second kappa shape index (κ2) is 6.49. The van der Waals surface area contributed by atoms with Gasteiger partial charge in [-0.05, 0) is 18.4 Å². The van der Waals surface area contributed by atoms with E-state index in [1.165, 1.54) is 0 Å². The lowest BCUT2D eigenvalue weighted by Gasteiger charge is -2.07. The van der Waals surface area contributed by atoms with Crippen molar-refractivity contribution in [3.63, 3.8) is 0 Å². The predicted octanol–water partition coefficient (Wildman–Crippen LogP) is 0.772. The molecule has 1 atom stereocenters. The number of aromatic nitrogens is 2. The number of nitrogens with zero attached hydrogens (tertiary/aromatic N) is 2. The topological polar surface area (TPSA) is 102 Å². The van der Waals surface area contributed by atoms with Gasteiger partial charge in [0.25, 0.3) is 0 Å². The molecule has 1 fully saturated rings. The lowest BCUT2D eigenvalue weighted by atomic mass is 10.1. The van der Waals surface area contributed by atoms with Gasteiger partial charge in [-0.2, -0.15) is 0 Å². The van der Waals surface area contributed by atoms with Gasteiger partial charge in [0, 0.05) is 12.5 Å². The molecule has 23 heavy (non-hydrogen) atoms. The Labute approximate surface area is 134 Å². The van der Waals surface area contributed by atoms with Gasteiger partial charge in [0.1, 0.15) is 0 Å². The van der Waals surface area contributed by atoms with E-state index in [4.69, 9.17) is 4.42 Å². The van der Waals surface area contributed by atoms with Crippen LogP contribution in [0.3, 0.4) is 0 Å². The fourth-order valence-corrected chi connectivity index (χ4v) is 4.17. The number of sulfone groups is 1. The van der Waals surface area contributed by atoms with E-state index in [-0.39, 0.29) is 23.4 Å². The molecule has 1 aromatic heterocycles. The van der Waals surface area contributed by atoms with Crippen LogP contribution >= 0.6 is 0 Å². The van der Waals surface area contributed by atoms with Crippen molar-refractivity contribution in [2.45, 2.75) is 25.3 Å². The zero-order chi connectivity index (χ0) is 16.3. The quantitative estimate of drug-likeness (QED) is 0.866. The van der Waals surface area contributed by atoms with Crippen LogP contribution < -0.4 is 5.32 Å². The van der Waals surface area contributed by atoms with Crippen molar-refractivity contribution in [3.05, 3.63) is 47.7 Å². The molecule has 1 aliphatic heterocycles. The molecule has 0 aliphatic carbocycles. The highest BCUT2D eigenvalue weighted by Gasteiger charge is 2.30. The van der Waals surface area contributed by atoms with E-state index < -0.39 is 15.7 Å². The molecule has 2 aromatic rings. The van der Waals surface area contributed by atoms with E-state index in [2.05, 4.69) is 15.5 Å². The highest BCUT2D eigenvalue weighted by Crippen LogP contribution is 2.12. The molecule has 1 amide bonds. The third kappa shape index (κ3) is 4.16. The minimum absolute atomic E-state index is 0.0340. The molecule has 1 saturated heterocycles. The van der Waals surface area contributed by atoms with Gasteiger partial charge in [-0.15, -0.1) is 10.2 Å². The molecular weight excluding hydrogens is 318 g/mol. The fraction of sp³-hybridized carbons (Fsp3) is 0.400. The van der Waals surface area contributed by atoms with Gasteiger partial charge in [0.15, 0.2) is 9.84 Å². The Morgan fingerprint density at radius 1 is 1.22 bits per heavy atom. The van der Waals surface area contributed by atoms with Crippen LogP contribution in [0.15, 0.2) is 34.7 Å². The van der Waals surface area contributed by atoms with Crippen LogP contribution in [0.5, 0.6) is 0 Å². The fourth-order valence-electron chi connectivity index (χ4n) is 2.50. The average Bonchev–Trinajstić information content (AvgIpc) is 3.13. The lowest BCUT2D eigenvalue weighted by Crippen LogP contribution is -2.35. The summed E-state index contributed by atoms with van der Waals surface area (Å²) in [7, 11) is -3.04. The van der Waals surface area contributed by atoms with E-state index in [0.717, 1.165) is 12.0 Å². The maximum absolute atomic E-state index is 12.0. The van der Waals surface area contributed by atoms with Crippen molar-refractivity contribution in [1.82, 2.24) is 15.5 Å². The minimum atomic E-state index is -3.04. The van der Waals surface area contributed by atoms with Gasteiger partial charge in [-0.1, -0.05) is 30.3 Å². The number of rotatable bonds is 5. The summed E-state index contributed by atoms with van der Waals surface area (Å²) in [5.74, 6) is -0.196. The second-order valence-electron chi connectivity index (χ2n) is 5.56. The molecule has 0 bridgehead atoms. The first-order chi connectivity index (χ1) is 11.0. The Balaban J connectivity index is 1.55. The maximum atomic E-state index is 12.0. The number of benzene rings is 1. The van der Waals surface area contributed by atoms with Gasteiger partial charge >= 0.3 is 11.8 Å². The van der Waals surface area contributed by atoms with E-state index >= 15 is 0 Å². The number of hydrogen-bond donors (Lipinski definition) is 1. The van der Waals surface area contributed by atoms with Crippen molar-refractivity contribution in [3.8, 4) is 0 Å². The van der Waals surface area contributed by atoms with E-state index in [1.54, 1.807) is 0 Å². The van der Waals surface area contributed by atoms with Crippen LogP contribution in [0.2, 0.25) is 0 Å². The first kappa shape index (κ1) is 15.7. The summed E-state index contributed by atoms with van der Waals surface area (Å²) in [6.07, 6.45) is 1.70. The number of aryl methyl sites for hydroxylation is 2. The molecule has 0 saturated carbocycles. The molecule has 0 radical (unpaired) electrons. The SMILES string of the molecule is O=C(NC1CCS(=O)(=O)C1)c1nnc(CCc2ccccc2)o1. The Kier molecular flexibility index (Phi) is 4.42. The first-order valence-corrected chi connectivity index (χ1v) is 9.21. The highest BCUT2D eigenvalue weighted by atomic mass is 32.2. The van der Waals surface area contributed by atoms with Crippen molar-refractivity contribution in [1.29, 1.82) is 0 Å². The van der Waals surface area contributed by atoms with Gasteiger partial charge < -0.3 is 9.73 Å². The Hall–Kier alpha value is -2.22. The molecule has 122 valence electrons. The number of carbonyl (C=O) groups is 1. The summed E-state index contributed by atoms with van der Waals surface area (Å²) in [5.41, 5.74) is 1.15. The smallest absolute Gasteiger partial charge is 0.309 e. The van der Waals surface area contributed by atoms with Crippen LogP contribution in [0.4, 0.5) is 0 Å². The standard InChI is InChI=1S/C15H17N3O4S/c19-14(16-12-8-9-23(20,21)10-12)15-18-17-13(22-15)7-6-11-4-2-1-3-5-11/h1-5,12H,6-10H2,(H,16,19). The number of amides is 1. The largest absolute Gasteiger partial charge is 0.417 e. The van der Waals surface area contributed by atoms with Crippen LogP contribution in [0.1, 0.15) is 28.6 Å². The first-order valence-electron chi connectivity index (χ1n) is 7.39. The average molecular weight is 335 g/mol. The molecule has 1 aliphatic rings. The molecule has 1 aromatic carbocycles. The molecule has 1 N–H and O–H groups in total. The minimum Gasteiger partial charge on any atom is -0.417 e. The molecule has 8 heteroatoms. The molecule has 0 spiro atoms. The van der Waals surface area contributed by atoms with Crippen LogP contribution in [-0.2, 0) is 22.7 Å². The third-order valence-corrected chi connectivity index (χ3v) is 5.47. The lowest BCUT2D eigenvalue weighted by molar-refractivity contribution is 0.0904. The maximum Gasteiger partial charge on any atom is 0.309 e. The molecule has 7 nitrogen and oxygen atoms in total. The number of nitrogens with one attached hydrogen (secondary N) is 1. The summed E-state index contributed by atoms with van der Waals surface area (Å²) >= 11 is 0. The predicted molar refractivity (Wildman–Crippen MR) is 82.7 cm³/mol. The summed E-state index contributed by atoms with van der Waals surface area (Å²) in [5, 5.41) is 10.2. The monoisotopic (exact) mass is 335 g/mol. The summed E-state index contributed by atoms with van der Waals surface area (Å²) in [6.45, 7) is 0.